The highest BCUT2D eigenvalue weighted by Crippen LogP contribution is 2.42. The lowest BCUT2D eigenvalue weighted by Gasteiger charge is -2.25. The minimum absolute atomic E-state index is 0.0147. The molecule has 2 aliphatic rings. The molecule has 0 saturated carbocycles. The predicted octanol–water partition coefficient (Wildman–Crippen LogP) is 0.688. The van der Waals surface area contributed by atoms with Gasteiger partial charge in [0.25, 0.3) is 0 Å². The van der Waals surface area contributed by atoms with Crippen LogP contribution in [0.5, 0.6) is 17.2 Å². The summed E-state index contributed by atoms with van der Waals surface area (Å²) >= 11 is 0. The van der Waals surface area contributed by atoms with Crippen LogP contribution >= 0.6 is 0 Å². The Morgan fingerprint density at radius 3 is 2.24 bits per heavy atom. The van der Waals surface area contributed by atoms with E-state index in [1.807, 2.05) is 4.90 Å². The highest BCUT2D eigenvalue weighted by atomic mass is 16.5. The molecular weight excluding hydrogens is 428 g/mol. The number of methoxy groups -OCH3 is 3. The highest BCUT2D eigenvalue weighted by molar-refractivity contribution is 6.00. The van der Waals surface area contributed by atoms with Crippen molar-refractivity contribution in [2.45, 2.75) is 12.8 Å². The van der Waals surface area contributed by atoms with Crippen LogP contribution in [0.4, 0.5) is 5.69 Å². The molecule has 182 valence electrons. The van der Waals surface area contributed by atoms with E-state index in [2.05, 4.69) is 4.90 Å². The number of rotatable bonds is 7. The number of benzene rings is 1. The van der Waals surface area contributed by atoms with Gasteiger partial charge in [-0.15, -0.1) is 0 Å². The van der Waals surface area contributed by atoms with Crippen LogP contribution in [0.15, 0.2) is 12.1 Å². The van der Waals surface area contributed by atoms with Crippen LogP contribution in [0.3, 0.4) is 0 Å². The number of hydrogen-bond donors (Lipinski definition) is 0. The van der Waals surface area contributed by atoms with Crippen LogP contribution in [0, 0.1) is 5.92 Å². The van der Waals surface area contributed by atoms with E-state index in [0.29, 0.717) is 55.7 Å². The van der Waals surface area contributed by atoms with E-state index in [-0.39, 0.29) is 24.1 Å². The smallest absolute Gasteiger partial charge is 0.236 e. The molecule has 10 nitrogen and oxygen atoms in total. The van der Waals surface area contributed by atoms with Crippen molar-refractivity contribution in [3.63, 3.8) is 0 Å². The lowest BCUT2D eigenvalue weighted by atomic mass is 10.1. The molecule has 0 aliphatic carbocycles. The Bertz CT molecular complexity index is 865. The van der Waals surface area contributed by atoms with Gasteiger partial charge in [0, 0.05) is 65.4 Å². The summed E-state index contributed by atoms with van der Waals surface area (Å²) in [5, 5.41) is 0. The summed E-state index contributed by atoms with van der Waals surface area (Å²) in [5.74, 6) is 0.868. The second-order valence-corrected chi connectivity index (χ2v) is 8.53. The Kier molecular flexibility index (Phi) is 8.01. The molecule has 0 aromatic heterocycles. The number of carbonyl (C=O) groups is 3. The van der Waals surface area contributed by atoms with Gasteiger partial charge >= 0.3 is 0 Å². The molecule has 1 aromatic carbocycles. The zero-order chi connectivity index (χ0) is 24.1. The molecule has 3 amide bonds. The molecule has 0 radical (unpaired) electrons. The number of ether oxygens (including phenoxy) is 3. The van der Waals surface area contributed by atoms with Gasteiger partial charge in [0.1, 0.15) is 0 Å². The summed E-state index contributed by atoms with van der Waals surface area (Å²) in [7, 11) is 8.05. The molecule has 2 fully saturated rings. The van der Waals surface area contributed by atoms with Crippen molar-refractivity contribution in [2.24, 2.45) is 5.92 Å². The number of amides is 3. The number of anilines is 1. The van der Waals surface area contributed by atoms with Gasteiger partial charge in [-0.3, -0.25) is 19.3 Å². The summed E-state index contributed by atoms with van der Waals surface area (Å²) in [6.07, 6.45) is 0.957. The summed E-state index contributed by atoms with van der Waals surface area (Å²) in [6.45, 7) is 3.24. The molecule has 10 heteroatoms. The molecule has 0 spiro atoms. The molecule has 1 atom stereocenters. The summed E-state index contributed by atoms with van der Waals surface area (Å²) in [4.78, 5) is 45.2. The summed E-state index contributed by atoms with van der Waals surface area (Å²) in [6, 6.07) is 3.44. The monoisotopic (exact) mass is 462 g/mol. The van der Waals surface area contributed by atoms with Crippen molar-refractivity contribution in [2.75, 3.05) is 79.6 Å². The standard InChI is InChI=1S/C23H34N4O6/c1-24(2)21(29)15-25-7-6-8-26(10-9-25)23(30)16-11-20(28)27(14-16)17-12-18(31-3)22(33-5)19(13-17)32-4/h12-13,16H,6-11,14-15H2,1-5H3. The normalized spacial score (nSPS) is 19.3. The van der Waals surface area contributed by atoms with Gasteiger partial charge in [-0.25, -0.2) is 0 Å². The van der Waals surface area contributed by atoms with Crippen LogP contribution in [-0.4, -0.2) is 107 Å². The topological polar surface area (TPSA) is 91.9 Å². The van der Waals surface area contributed by atoms with Crippen LogP contribution < -0.4 is 19.1 Å². The van der Waals surface area contributed by atoms with E-state index in [1.54, 1.807) is 36.0 Å². The number of hydrogen-bond acceptors (Lipinski definition) is 7. The first-order valence-electron chi connectivity index (χ1n) is 11.1. The molecule has 2 aliphatic heterocycles. The highest BCUT2D eigenvalue weighted by Gasteiger charge is 2.38. The maximum absolute atomic E-state index is 13.2. The van der Waals surface area contributed by atoms with Gasteiger partial charge in [-0.05, 0) is 6.42 Å². The molecule has 0 bridgehead atoms. The fourth-order valence-corrected chi connectivity index (χ4v) is 4.29. The fraction of sp³-hybridized carbons (Fsp3) is 0.609. The molecule has 1 unspecified atom stereocenters. The van der Waals surface area contributed by atoms with Crippen molar-refractivity contribution in [3.05, 3.63) is 12.1 Å². The Hall–Kier alpha value is -3.01. The van der Waals surface area contributed by atoms with E-state index in [1.165, 1.54) is 21.3 Å². The van der Waals surface area contributed by atoms with Crippen LogP contribution in [0.2, 0.25) is 0 Å². The van der Waals surface area contributed by atoms with Crippen molar-refractivity contribution in [1.82, 2.24) is 14.7 Å². The minimum atomic E-state index is -0.411. The molecular formula is C23H34N4O6. The largest absolute Gasteiger partial charge is 0.493 e. The maximum atomic E-state index is 13.2. The second kappa shape index (κ2) is 10.7. The molecule has 33 heavy (non-hydrogen) atoms. The maximum Gasteiger partial charge on any atom is 0.236 e. The molecule has 2 heterocycles. The van der Waals surface area contributed by atoms with E-state index < -0.39 is 5.92 Å². The number of carbonyl (C=O) groups excluding carboxylic acids is 3. The van der Waals surface area contributed by atoms with Crippen LogP contribution in [-0.2, 0) is 14.4 Å². The van der Waals surface area contributed by atoms with Crippen LogP contribution in [0.1, 0.15) is 12.8 Å². The molecule has 1 aromatic rings. The third kappa shape index (κ3) is 5.50. The van der Waals surface area contributed by atoms with Gasteiger partial charge in [0.2, 0.25) is 23.5 Å². The second-order valence-electron chi connectivity index (χ2n) is 8.53. The van der Waals surface area contributed by atoms with E-state index in [0.717, 1.165) is 13.0 Å². The lowest BCUT2D eigenvalue weighted by molar-refractivity contribution is -0.135. The van der Waals surface area contributed by atoms with Crippen molar-refractivity contribution < 1.29 is 28.6 Å². The third-order valence-corrected chi connectivity index (χ3v) is 6.19. The molecule has 0 N–H and O–H groups in total. The van der Waals surface area contributed by atoms with Gasteiger partial charge in [-0.1, -0.05) is 0 Å². The average molecular weight is 463 g/mol. The SMILES string of the molecule is COc1cc(N2CC(C(=O)N3CCCN(CC(=O)N(C)C)CC3)CC2=O)cc(OC)c1OC. The average Bonchev–Trinajstić information content (AvgIpc) is 3.04. The van der Waals surface area contributed by atoms with Gasteiger partial charge in [-0.2, -0.15) is 0 Å². The predicted molar refractivity (Wildman–Crippen MR) is 123 cm³/mol. The zero-order valence-electron chi connectivity index (χ0n) is 20.1. The van der Waals surface area contributed by atoms with Gasteiger partial charge < -0.3 is 28.9 Å². The third-order valence-electron chi connectivity index (χ3n) is 6.19. The first-order valence-corrected chi connectivity index (χ1v) is 11.1. The van der Waals surface area contributed by atoms with E-state index in [9.17, 15) is 14.4 Å². The Labute approximate surface area is 194 Å². The van der Waals surface area contributed by atoms with Crippen molar-refractivity contribution in [3.8, 4) is 17.2 Å². The molecule has 3 rings (SSSR count). The van der Waals surface area contributed by atoms with Crippen LogP contribution in [0.25, 0.3) is 0 Å². The van der Waals surface area contributed by atoms with Gasteiger partial charge in [0.15, 0.2) is 11.5 Å². The minimum Gasteiger partial charge on any atom is -0.493 e. The van der Waals surface area contributed by atoms with E-state index in [4.69, 9.17) is 14.2 Å². The van der Waals surface area contributed by atoms with E-state index >= 15 is 0 Å². The van der Waals surface area contributed by atoms with Crippen molar-refractivity contribution >= 4 is 23.4 Å². The first kappa shape index (κ1) is 24.6. The Morgan fingerprint density at radius 1 is 1.00 bits per heavy atom. The lowest BCUT2D eigenvalue weighted by Crippen LogP contribution is -2.41. The summed E-state index contributed by atoms with van der Waals surface area (Å²) < 4.78 is 16.2. The number of nitrogens with zero attached hydrogens (tertiary/aromatic N) is 4. The van der Waals surface area contributed by atoms with Crippen molar-refractivity contribution in [1.29, 1.82) is 0 Å². The Balaban J connectivity index is 1.68. The Morgan fingerprint density at radius 2 is 1.67 bits per heavy atom. The molecule has 2 saturated heterocycles. The first-order chi connectivity index (χ1) is 15.8. The zero-order valence-corrected chi connectivity index (χ0v) is 20.1. The summed E-state index contributed by atoms with van der Waals surface area (Å²) in [5.41, 5.74) is 0.606. The van der Waals surface area contributed by atoms with Gasteiger partial charge in [0.05, 0.1) is 39.5 Å². The quantitative estimate of drug-likeness (QED) is 0.589. The fourth-order valence-electron chi connectivity index (χ4n) is 4.29. The number of likely N-dealkylation sites (N-methyl/N-ethyl adjacent to an activating group) is 1.